The summed E-state index contributed by atoms with van der Waals surface area (Å²) in [5.74, 6) is -0.916. The van der Waals surface area contributed by atoms with Crippen LogP contribution in [-0.4, -0.2) is 60.0 Å². The Morgan fingerprint density at radius 2 is 2.13 bits per heavy atom. The lowest BCUT2D eigenvalue weighted by atomic mass is 9.83. The predicted octanol–water partition coefficient (Wildman–Crippen LogP) is 1.31. The van der Waals surface area contributed by atoms with E-state index in [1.54, 1.807) is 0 Å². The monoisotopic (exact) mass is 317 g/mol. The quantitative estimate of drug-likeness (QED) is 0.670. The molecule has 1 aromatic carbocycles. The zero-order valence-corrected chi connectivity index (χ0v) is 13.3. The van der Waals surface area contributed by atoms with E-state index in [9.17, 15) is 9.90 Å². The molecule has 0 saturated carbocycles. The molecule has 124 valence electrons. The molecule has 0 spiro atoms. The lowest BCUT2D eigenvalue weighted by Crippen LogP contribution is -2.55. The summed E-state index contributed by atoms with van der Waals surface area (Å²) < 4.78 is 11.5. The maximum atomic E-state index is 12.5. The van der Waals surface area contributed by atoms with Crippen molar-refractivity contribution in [2.24, 2.45) is 0 Å². The largest absolute Gasteiger partial charge is 0.462 e. The highest BCUT2D eigenvalue weighted by Crippen LogP contribution is 2.44. The molecule has 5 nitrogen and oxygen atoms in total. The van der Waals surface area contributed by atoms with Crippen LogP contribution in [0.15, 0.2) is 30.3 Å². The van der Waals surface area contributed by atoms with Gasteiger partial charge in [-0.25, -0.2) is 0 Å². The minimum atomic E-state index is -0.597. The molecule has 6 atom stereocenters. The Morgan fingerprint density at radius 3 is 2.87 bits per heavy atom. The fourth-order valence-corrected chi connectivity index (χ4v) is 4.20. The standard InChI is InChI=1S/C18H23NO4/c1-19-12-7-13(9-15(19)17-16(8-12)23-17)22-18(21)14(10-20)11-5-3-2-4-6-11/h2-6,12-17,20H,7-10H2,1H3/t12?,13-,14?,15?,16?,17+/m0/s1. The summed E-state index contributed by atoms with van der Waals surface area (Å²) in [4.78, 5) is 14.9. The number of hydrogen-bond donors (Lipinski definition) is 1. The lowest BCUT2D eigenvalue weighted by Gasteiger charge is -2.44. The highest BCUT2D eigenvalue weighted by Gasteiger charge is 2.56. The fourth-order valence-electron chi connectivity index (χ4n) is 4.20. The van der Waals surface area contributed by atoms with E-state index in [1.807, 2.05) is 30.3 Å². The number of likely N-dealkylation sites (N-methyl/N-ethyl adjacent to an activating group) is 1. The van der Waals surface area contributed by atoms with Crippen molar-refractivity contribution in [3.8, 4) is 0 Å². The first-order valence-corrected chi connectivity index (χ1v) is 8.41. The van der Waals surface area contributed by atoms with E-state index >= 15 is 0 Å². The number of piperidine rings is 2. The highest BCUT2D eigenvalue weighted by molar-refractivity contribution is 5.78. The molecule has 3 heterocycles. The van der Waals surface area contributed by atoms with E-state index in [1.165, 1.54) is 0 Å². The number of hydrogen-bond acceptors (Lipinski definition) is 5. The van der Waals surface area contributed by atoms with Crippen molar-refractivity contribution in [2.45, 2.75) is 55.6 Å². The Bertz CT molecular complexity index is 578. The van der Waals surface area contributed by atoms with Crippen LogP contribution in [0.2, 0.25) is 0 Å². The molecule has 3 saturated heterocycles. The minimum absolute atomic E-state index is 0.0726. The molecule has 0 aromatic heterocycles. The van der Waals surface area contributed by atoms with Crippen molar-refractivity contribution in [1.29, 1.82) is 0 Å². The number of rotatable bonds is 4. The number of carbonyl (C=O) groups excluding carboxylic acids is 1. The van der Waals surface area contributed by atoms with Crippen LogP contribution in [0.5, 0.6) is 0 Å². The maximum absolute atomic E-state index is 12.5. The van der Waals surface area contributed by atoms with Crippen molar-refractivity contribution >= 4 is 5.97 Å². The minimum Gasteiger partial charge on any atom is -0.462 e. The van der Waals surface area contributed by atoms with Gasteiger partial charge in [0.2, 0.25) is 0 Å². The molecule has 0 amide bonds. The molecule has 0 radical (unpaired) electrons. The van der Waals surface area contributed by atoms with Gasteiger partial charge in [-0.2, -0.15) is 0 Å². The molecule has 4 unspecified atom stereocenters. The molecule has 23 heavy (non-hydrogen) atoms. The average molecular weight is 317 g/mol. The van der Waals surface area contributed by atoms with E-state index in [0.29, 0.717) is 24.3 Å². The van der Waals surface area contributed by atoms with Gasteiger partial charge in [0.25, 0.3) is 0 Å². The van der Waals surface area contributed by atoms with Crippen LogP contribution in [0.25, 0.3) is 0 Å². The second kappa shape index (κ2) is 5.89. The van der Waals surface area contributed by atoms with Crippen LogP contribution in [0, 0.1) is 0 Å². The van der Waals surface area contributed by atoms with Crippen LogP contribution >= 0.6 is 0 Å². The Kier molecular flexibility index (Phi) is 3.87. The van der Waals surface area contributed by atoms with E-state index in [4.69, 9.17) is 9.47 Å². The van der Waals surface area contributed by atoms with Crippen LogP contribution in [0.1, 0.15) is 30.7 Å². The molecule has 1 N–H and O–H groups in total. The Morgan fingerprint density at radius 1 is 1.35 bits per heavy atom. The van der Waals surface area contributed by atoms with Gasteiger partial charge in [0.1, 0.15) is 12.0 Å². The summed E-state index contributed by atoms with van der Waals surface area (Å²) in [6, 6.07) is 10.1. The number of epoxide rings is 1. The van der Waals surface area contributed by atoms with Crippen LogP contribution in [0.4, 0.5) is 0 Å². The van der Waals surface area contributed by atoms with Crippen molar-refractivity contribution in [1.82, 2.24) is 4.90 Å². The molecule has 5 heteroatoms. The molecule has 4 rings (SSSR count). The van der Waals surface area contributed by atoms with Crippen LogP contribution < -0.4 is 0 Å². The SMILES string of the molecule is CN1C2CC3O[C@@H]3C1C[C@@H](OC(=O)C(CO)c1ccccc1)C2. The number of nitrogens with zero attached hydrogens (tertiary/aromatic N) is 1. The summed E-state index contributed by atoms with van der Waals surface area (Å²) in [7, 11) is 2.14. The number of carbonyl (C=O) groups is 1. The molecule has 0 aliphatic carbocycles. The number of aliphatic hydroxyl groups is 1. The number of esters is 1. The zero-order valence-electron chi connectivity index (χ0n) is 13.3. The van der Waals surface area contributed by atoms with Gasteiger partial charge < -0.3 is 14.6 Å². The smallest absolute Gasteiger partial charge is 0.316 e. The van der Waals surface area contributed by atoms with Gasteiger partial charge in [-0.05, 0) is 19.0 Å². The average Bonchev–Trinajstić information content (AvgIpc) is 3.29. The normalized spacial score (nSPS) is 36.9. The zero-order chi connectivity index (χ0) is 16.0. The third-order valence-corrected chi connectivity index (χ3v) is 5.60. The van der Waals surface area contributed by atoms with Crippen molar-refractivity contribution in [3.63, 3.8) is 0 Å². The summed E-state index contributed by atoms with van der Waals surface area (Å²) in [5.41, 5.74) is 0.804. The Labute approximate surface area is 136 Å². The predicted molar refractivity (Wildman–Crippen MR) is 84.0 cm³/mol. The van der Waals surface area contributed by atoms with Crippen LogP contribution in [-0.2, 0) is 14.3 Å². The van der Waals surface area contributed by atoms with Gasteiger partial charge in [-0.3, -0.25) is 9.69 Å². The van der Waals surface area contributed by atoms with Gasteiger partial charge in [-0.15, -0.1) is 0 Å². The fraction of sp³-hybridized carbons (Fsp3) is 0.611. The van der Waals surface area contributed by atoms with Crippen molar-refractivity contribution in [2.75, 3.05) is 13.7 Å². The van der Waals surface area contributed by atoms with Gasteiger partial charge in [0.15, 0.2) is 0 Å². The third kappa shape index (κ3) is 2.77. The molecule has 3 fully saturated rings. The van der Waals surface area contributed by atoms with Crippen molar-refractivity contribution < 1.29 is 19.4 Å². The van der Waals surface area contributed by atoms with Crippen LogP contribution in [0.3, 0.4) is 0 Å². The first-order chi connectivity index (χ1) is 11.2. The topological polar surface area (TPSA) is 62.3 Å². The molecular weight excluding hydrogens is 294 g/mol. The first kappa shape index (κ1) is 15.1. The number of aliphatic hydroxyl groups excluding tert-OH is 1. The Hall–Kier alpha value is -1.43. The van der Waals surface area contributed by atoms with Gasteiger partial charge in [-0.1, -0.05) is 30.3 Å². The van der Waals surface area contributed by atoms with E-state index in [0.717, 1.165) is 24.8 Å². The number of benzene rings is 1. The van der Waals surface area contributed by atoms with E-state index in [-0.39, 0.29) is 18.7 Å². The molecule has 1 aromatic rings. The van der Waals surface area contributed by atoms with Gasteiger partial charge in [0.05, 0.1) is 18.8 Å². The first-order valence-electron chi connectivity index (χ1n) is 8.41. The van der Waals surface area contributed by atoms with E-state index in [2.05, 4.69) is 11.9 Å². The number of fused-ring (bicyclic) bond motifs is 4. The molecule has 3 aliphatic heterocycles. The summed E-state index contributed by atoms with van der Waals surface area (Å²) in [6.45, 7) is -0.226. The summed E-state index contributed by atoms with van der Waals surface area (Å²) >= 11 is 0. The molecule has 3 aliphatic rings. The Balaban J connectivity index is 1.42. The maximum Gasteiger partial charge on any atom is 0.316 e. The van der Waals surface area contributed by atoms with Gasteiger partial charge in [0, 0.05) is 24.9 Å². The third-order valence-electron chi connectivity index (χ3n) is 5.60. The second-order valence-electron chi connectivity index (χ2n) is 6.94. The molecule has 2 bridgehead atoms. The second-order valence-corrected chi connectivity index (χ2v) is 6.94. The number of ether oxygens (including phenoxy) is 2. The summed E-state index contributed by atoms with van der Waals surface area (Å²) in [6.07, 6.45) is 3.39. The molecular formula is C18H23NO4. The summed E-state index contributed by atoms with van der Waals surface area (Å²) in [5, 5.41) is 9.60. The van der Waals surface area contributed by atoms with Gasteiger partial charge >= 0.3 is 5.97 Å². The highest BCUT2D eigenvalue weighted by atomic mass is 16.6. The van der Waals surface area contributed by atoms with Crippen molar-refractivity contribution in [3.05, 3.63) is 35.9 Å². The van der Waals surface area contributed by atoms with E-state index < -0.39 is 5.92 Å². The lowest BCUT2D eigenvalue weighted by molar-refractivity contribution is -0.157.